The second kappa shape index (κ2) is 8.54. The van der Waals surface area contributed by atoms with E-state index in [-0.39, 0.29) is 16.7 Å². The van der Waals surface area contributed by atoms with E-state index in [2.05, 4.69) is 18.5 Å². The molecule has 31 heavy (non-hydrogen) atoms. The second-order valence-corrected chi connectivity index (χ2v) is 15.3. The van der Waals surface area contributed by atoms with Gasteiger partial charge in [0.1, 0.15) is 11.9 Å². The molecule has 4 rings (SSSR count). The number of alkyl halides is 1. The van der Waals surface area contributed by atoms with Crippen molar-refractivity contribution in [1.82, 2.24) is 9.55 Å². The van der Waals surface area contributed by atoms with Crippen molar-refractivity contribution in [2.45, 2.75) is 81.9 Å². The number of halogens is 1. The first-order valence-corrected chi connectivity index (χ1v) is 14.6. The topological polar surface area (TPSA) is 88.6 Å². The summed E-state index contributed by atoms with van der Waals surface area (Å²) >= 11 is 7.38. The first-order valence-electron chi connectivity index (χ1n) is 10.5. The Balaban J connectivity index is 1.53. The van der Waals surface area contributed by atoms with Gasteiger partial charge in [-0.25, -0.2) is 9.18 Å². The summed E-state index contributed by atoms with van der Waals surface area (Å²) < 4.78 is 34.9. The predicted molar refractivity (Wildman–Crippen MR) is 124 cm³/mol. The van der Waals surface area contributed by atoms with Gasteiger partial charge in [0.15, 0.2) is 12.4 Å². The van der Waals surface area contributed by atoms with Crippen LogP contribution in [-0.4, -0.2) is 38.8 Å². The largest absolute Gasteiger partial charge is 0.383 e. The molecule has 8 atom stereocenters. The Morgan fingerprint density at radius 3 is 3.00 bits per heavy atom. The average Bonchev–Trinajstić information content (AvgIpc) is 3.14. The van der Waals surface area contributed by atoms with Crippen molar-refractivity contribution in [1.29, 1.82) is 0 Å². The quantitative estimate of drug-likeness (QED) is 0.483. The van der Waals surface area contributed by atoms with Crippen molar-refractivity contribution in [3.8, 4) is 0 Å². The van der Waals surface area contributed by atoms with Gasteiger partial charge in [-0.05, 0) is 63.3 Å². The summed E-state index contributed by atoms with van der Waals surface area (Å²) in [6.45, 7) is 10.2. The van der Waals surface area contributed by atoms with Crippen LogP contribution in [0.3, 0.4) is 0 Å². The molecule has 3 heterocycles. The number of nitrogens with two attached hydrogens (primary N) is 1. The number of rotatable bonds is 5. The minimum atomic E-state index is -2.80. The number of fused-ring (bicyclic) bond motifs is 1. The van der Waals surface area contributed by atoms with Crippen LogP contribution in [0, 0.1) is 5.92 Å². The Morgan fingerprint density at radius 2 is 2.35 bits per heavy atom. The molecule has 3 aliphatic rings. The van der Waals surface area contributed by atoms with Gasteiger partial charge in [0.2, 0.25) is 5.69 Å². The zero-order valence-electron chi connectivity index (χ0n) is 17.9. The highest BCUT2D eigenvalue weighted by Gasteiger charge is 2.56. The highest BCUT2D eigenvalue weighted by atomic mass is 32.9. The number of nitrogens with zero attached hydrogens (tertiary/aromatic N) is 2. The Hall–Kier alpha value is -0.770. The minimum Gasteiger partial charge on any atom is -0.383 e. The molecule has 11 heteroatoms. The van der Waals surface area contributed by atoms with Gasteiger partial charge < -0.3 is 19.5 Å². The molecular formula is C20H29FN3O4PS2. The van der Waals surface area contributed by atoms with Gasteiger partial charge in [-0.15, -0.1) is 0 Å². The first-order chi connectivity index (χ1) is 14.5. The standard InChI is InChI=1S/C20H29FN3O4PS2/c1-5-13-17(16(21)18(26-13)24-9-7-15(22)23-19(24)25)28-29(30)27-14-10-12(11(2)3)6-8-20(14,4)31-29/h7,9,12-14,16-18H,2,5-6,8,10H2,1,3-4H3,(H2,22,23,25)/t12-,13-,14+,16-,17-,18-,20+,29-/m1/s1. The first kappa shape index (κ1) is 23.4. The third kappa shape index (κ3) is 4.39. The number of hydrogen-bond acceptors (Lipinski definition) is 8. The molecule has 2 aliphatic heterocycles. The fourth-order valence-corrected chi connectivity index (χ4v) is 12.1. The van der Waals surface area contributed by atoms with Gasteiger partial charge in [-0.1, -0.05) is 30.5 Å². The molecule has 0 aromatic carbocycles. The number of hydrogen-bond donors (Lipinski definition) is 1. The molecule has 0 radical (unpaired) electrons. The van der Waals surface area contributed by atoms with Crippen LogP contribution >= 0.6 is 17.1 Å². The van der Waals surface area contributed by atoms with Crippen LogP contribution in [0.15, 0.2) is 29.2 Å². The van der Waals surface area contributed by atoms with E-state index in [1.165, 1.54) is 12.3 Å². The van der Waals surface area contributed by atoms with Crippen LogP contribution in [0.1, 0.15) is 52.7 Å². The Morgan fingerprint density at radius 1 is 1.61 bits per heavy atom. The molecule has 1 saturated carbocycles. The highest BCUT2D eigenvalue weighted by molar-refractivity contribution is 8.68. The monoisotopic (exact) mass is 489 g/mol. The third-order valence-corrected chi connectivity index (χ3v) is 12.2. The van der Waals surface area contributed by atoms with Crippen molar-refractivity contribution in [3.05, 3.63) is 34.9 Å². The molecule has 0 spiro atoms. The van der Waals surface area contributed by atoms with Crippen LogP contribution in [0.2, 0.25) is 0 Å². The van der Waals surface area contributed by atoms with Crippen molar-refractivity contribution in [3.63, 3.8) is 0 Å². The molecule has 0 bridgehead atoms. The van der Waals surface area contributed by atoms with Crippen LogP contribution in [0.4, 0.5) is 10.2 Å². The zero-order valence-corrected chi connectivity index (χ0v) is 20.4. The third-order valence-electron chi connectivity index (χ3n) is 6.49. The molecule has 1 aromatic rings. The van der Waals surface area contributed by atoms with Gasteiger partial charge >= 0.3 is 5.69 Å². The number of aromatic nitrogens is 2. The summed E-state index contributed by atoms with van der Waals surface area (Å²) in [5, 5.41) is 0. The van der Waals surface area contributed by atoms with Crippen molar-refractivity contribution < 1.29 is 18.2 Å². The summed E-state index contributed by atoms with van der Waals surface area (Å²) in [5.41, 5.74) is 3.24. The van der Waals surface area contributed by atoms with E-state index in [0.29, 0.717) is 12.3 Å². The molecule has 2 saturated heterocycles. The summed E-state index contributed by atoms with van der Waals surface area (Å²) in [7, 11) is 0. The molecule has 1 aromatic heterocycles. The van der Waals surface area contributed by atoms with E-state index in [1.807, 2.05) is 13.8 Å². The maximum Gasteiger partial charge on any atom is 0.351 e. The van der Waals surface area contributed by atoms with Gasteiger partial charge in [-0.3, -0.25) is 4.57 Å². The SMILES string of the molecule is C=C(C)[C@@H]1CC[C@]2(C)S[P@@](=S)(O[C@H]3[C@@H](F)[C@H](n4ccc(N)nc4=O)O[C@@H]3CC)O[C@H]2C1. The normalized spacial score (nSPS) is 42.5. The van der Waals surface area contributed by atoms with E-state index in [0.717, 1.165) is 29.4 Å². The lowest BCUT2D eigenvalue weighted by molar-refractivity contribution is -0.0267. The number of nitrogen functional groups attached to an aromatic ring is 1. The van der Waals surface area contributed by atoms with Crippen molar-refractivity contribution in [2.24, 2.45) is 5.92 Å². The van der Waals surface area contributed by atoms with E-state index in [1.54, 1.807) is 11.4 Å². The van der Waals surface area contributed by atoms with Crippen LogP contribution in [0.25, 0.3) is 0 Å². The Bertz CT molecular complexity index is 978. The minimum absolute atomic E-state index is 0.0426. The average molecular weight is 490 g/mol. The van der Waals surface area contributed by atoms with Crippen LogP contribution in [-0.2, 0) is 25.6 Å². The molecular weight excluding hydrogens is 460 g/mol. The van der Waals surface area contributed by atoms with Crippen LogP contribution in [0.5, 0.6) is 0 Å². The smallest absolute Gasteiger partial charge is 0.351 e. The number of ether oxygens (including phenoxy) is 1. The summed E-state index contributed by atoms with van der Waals surface area (Å²) in [6.07, 6.45) is 0.511. The lowest BCUT2D eigenvalue weighted by Crippen LogP contribution is -2.39. The fourth-order valence-electron chi connectivity index (χ4n) is 4.57. The molecule has 3 fully saturated rings. The molecule has 7 nitrogen and oxygen atoms in total. The second-order valence-electron chi connectivity index (χ2n) is 8.79. The summed E-state index contributed by atoms with van der Waals surface area (Å²) in [4.78, 5) is 15.9. The van der Waals surface area contributed by atoms with E-state index < -0.39 is 36.0 Å². The Labute approximate surface area is 190 Å². The maximum atomic E-state index is 15.5. The van der Waals surface area contributed by atoms with Gasteiger partial charge in [0.25, 0.3) is 0 Å². The van der Waals surface area contributed by atoms with E-state index in [4.69, 9.17) is 31.3 Å². The Kier molecular flexibility index (Phi) is 6.44. The molecule has 2 N–H and O–H groups in total. The van der Waals surface area contributed by atoms with Gasteiger partial charge in [0.05, 0.1) is 12.2 Å². The van der Waals surface area contributed by atoms with Crippen molar-refractivity contribution >= 4 is 34.7 Å². The van der Waals surface area contributed by atoms with Crippen molar-refractivity contribution in [2.75, 3.05) is 5.73 Å². The van der Waals surface area contributed by atoms with Gasteiger partial charge in [0, 0.05) is 10.9 Å². The van der Waals surface area contributed by atoms with E-state index >= 15 is 4.39 Å². The molecule has 0 amide bonds. The summed E-state index contributed by atoms with van der Waals surface area (Å²) in [6, 6.07) is 1.44. The zero-order chi connectivity index (χ0) is 22.6. The predicted octanol–water partition coefficient (Wildman–Crippen LogP) is 4.35. The molecule has 0 unspecified atom stereocenters. The number of allylic oxidation sites excluding steroid dienone is 1. The molecule has 172 valence electrons. The highest BCUT2D eigenvalue weighted by Crippen LogP contribution is 2.76. The fraction of sp³-hybridized carbons (Fsp3) is 0.700. The van der Waals surface area contributed by atoms with Gasteiger partial charge in [-0.2, -0.15) is 4.98 Å². The maximum absolute atomic E-state index is 15.5. The van der Waals surface area contributed by atoms with Crippen LogP contribution < -0.4 is 11.4 Å². The molecule has 1 aliphatic carbocycles. The summed E-state index contributed by atoms with van der Waals surface area (Å²) in [5.74, 6) is 0.478. The number of anilines is 1. The van der Waals surface area contributed by atoms with E-state index in [9.17, 15) is 4.79 Å². The lowest BCUT2D eigenvalue weighted by Gasteiger charge is -2.37. The lowest BCUT2D eigenvalue weighted by atomic mass is 9.77.